The molecular weight excluding hydrogens is 358 g/mol. The molecule has 2 rings (SSSR count). The van der Waals surface area contributed by atoms with E-state index in [1.807, 2.05) is 22.6 Å². The van der Waals surface area contributed by atoms with Gasteiger partial charge in [0, 0.05) is 6.07 Å². The Hall–Kier alpha value is -1.02. The number of hydrogen-bond acceptors (Lipinski definition) is 4. The Balaban J connectivity index is 2.95. The number of methoxy groups -OCH3 is 2. The Labute approximate surface area is 115 Å². The summed E-state index contributed by atoms with van der Waals surface area (Å²) in [7, 11) is 3.04. The number of nitrogens with one attached hydrogen (secondary N) is 1. The van der Waals surface area contributed by atoms with Gasteiger partial charge in [0.05, 0.1) is 28.7 Å². The zero-order valence-corrected chi connectivity index (χ0v) is 11.9. The minimum absolute atomic E-state index is 0.0468. The molecule has 0 radical (unpaired) electrons. The van der Waals surface area contributed by atoms with Crippen LogP contribution in [0.3, 0.4) is 0 Å². The average molecular weight is 367 g/mol. The standard InChI is InChI=1S/C10H8ClIN2O3/c1-16-5-3-4-6(7(12)8(5)17-2)9(15)14-10(11)13-4/h3H,1-2H3,(H,13,14,15). The fourth-order valence-electron chi connectivity index (χ4n) is 1.53. The molecule has 1 aromatic heterocycles. The highest BCUT2D eigenvalue weighted by Gasteiger charge is 2.16. The Kier molecular flexibility index (Phi) is 3.43. The third-order valence-electron chi connectivity index (χ3n) is 2.25. The molecule has 0 aliphatic heterocycles. The molecule has 1 N–H and O–H groups in total. The number of halogens is 2. The quantitative estimate of drug-likeness (QED) is 0.654. The second kappa shape index (κ2) is 4.69. The number of nitrogens with zero attached hydrogens (tertiary/aromatic N) is 1. The van der Waals surface area contributed by atoms with Gasteiger partial charge in [0.15, 0.2) is 11.5 Å². The lowest BCUT2D eigenvalue weighted by Crippen LogP contribution is -2.10. The van der Waals surface area contributed by atoms with E-state index < -0.39 is 0 Å². The number of aromatic nitrogens is 2. The molecule has 0 bridgehead atoms. The first-order valence-electron chi connectivity index (χ1n) is 4.58. The van der Waals surface area contributed by atoms with Crippen LogP contribution in [0.2, 0.25) is 5.28 Å². The van der Waals surface area contributed by atoms with Gasteiger partial charge in [-0.2, -0.15) is 0 Å². The van der Waals surface area contributed by atoms with Crippen LogP contribution < -0.4 is 15.0 Å². The summed E-state index contributed by atoms with van der Waals surface area (Å²) in [5, 5.41) is 0.484. The molecule has 2 aromatic rings. The van der Waals surface area contributed by atoms with Gasteiger partial charge in [-0.15, -0.1) is 0 Å². The molecule has 0 spiro atoms. The number of fused-ring (bicyclic) bond motifs is 1. The van der Waals surface area contributed by atoms with E-state index in [4.69, 9.17) is 21.1 Å². The van der Waals surface area contributed by atoms with Crippen molar-refractivity contribution in [3.05, 3.63) is 25.3 Å². The highest BCUT2D eigenvalue weighted by molar-refractivity contribution is 14.1. The molecule has 0 unspecified atom stereocenters. The molecule has 17 heavy (non-hydrogen) atoms. The zero-order chi connectivity index (χ0) is 12.6. The van der Waals surface area contributed by atoms with E-state index in [-0.39, 0.29) is 10.8 Å². The summed E-state index contributed by atoms with van der Waals surface area (Å²) in [5.74, 6) is 1.02. The van der Waals surface area contributed by atoms with Crippen LogP contribution in [0.4, 0.5) is 0 Å². The predicted octanol–water partition coefficient (Wildman–Crippen LogP) is 2.20. The molecule has 0 amide bonds. The molecule has 1 heterocycles. The molecule has 0 fully saturated rings. The Morgan fingerprint density at radius 3 is 2.71 bits per heavy atom. The van der Waals surface area contributed by atoms with Crippen LogP contribution in [0.5, 0.6) is 11.5 Å². The van der Waals surface area contributed by atoms with Crippen LogP contribution >= 0.6 is 34.2 Å². The largest absolute Gasteiger partial charge is 0.493 e. The number of rotatable bonds is 2. The smallest absolute Gasteiger partial charge is 0.260 e. The van der Waals surface area contributed by atoms with E-state index in [0.717, 1.165) is 0 Å². The predicted molar refractivity (Wildman–Crippen MR) is 73.2 cm³/mol. The van der Waals surface area contributed by atoms with Gasteiger partial charge in [-0.05, 0) is 34.2 Å². The minimum atomic E-state index is -0.301. The van der Waals surface area contributed by atoms with Crippen molar-refractivity contribution in [2.75, 3.05) is 14.2 Å². The molecule has 0 atom stereocenters. The van der Waals surface area contributed by atoms with Crippen molar-refractivity contribution >= 4 is 45.1 Å². The Morgan fingerprint density at radius 2 is 2.12 bits per heavy atom. The van der Waals surface area contributed by atoms with Gasteiger partial charge in [-0.25, -0.2) is 4.98 Å². The minimum Gasteiger partial charge on any atom is -0.493 e. The van der Waals surface area contributed by atoms with Crippen LogP contribution in [-0.4, -0.2) is 24.2 Å². The average Bonchev–Trinajstić information content (AvgIpc) is 2.27. The zero-order valence-electron chi connectivity index (χ0n) is 9.01. The maximum Gasteiger partial charge on any atom is 0.260 e. The van der Waals surface area contributed by atoms with E-state index in [9.17, 15) is 4.79 Å². The van der Waals surface area contributed by atoms with Crippen molar-refractivity contribution in [2.45, 2.75) is 0 Å². The van der Waals surface area contributed by atoms with Crippen LogP contribution in [-0.2, 0) is 0 Å². The van der Waals surface area contributed by atoms with Crippen LogP contribution in [0, 0.1) is 3.57 Å². The Morgan fingerprint density at radius 1 is 1.41 bits per heavy atom. The monoisotopic (exact) mass is 366 g/mol. The van der Waals surface area contributed by atoms with Crippen LogP contribution in [0.1, 0.15) is 0 Å². The van der Waals surface area contributed by atoms with Gasteiger partial charge in [-0.3, -0.25) is 9.78 Å². The molecule has 7 heteroatoms. The summed E-state index contributed by atoms with van der Waals surface area (Å²) in [4.78, 5) is 18.3. The Bertz CT molecular complexity index is 641. The number of hydrogen-bond donors (Lipinski definition) is 1. The number of benzene rings is 1. The third-order valence-corrected chi connectivity index (χ3v) is 3.46. The SMILES string of the molecule is COc1cc2nc(Cl)[nH]c(=O)c2c(I)c1OC. The van der Waals surface area contributed by atoms with Gasteiger partial charge in [0.1, 0.15) is 0 Å². The lowest BCUT2D eigenvalue weighted by molar-refractivity contribution is 0.354. The summed E-state index contributed by atoms with van der Waals surface area (Å²) in [6.45, 7) is 0. The summed E-state index contributed by atoms with van der Waals surface area (Å²) in [6.07, 6.45) is 0. The second-order valence-electron chi connectivity index (χ2n) is 3.18. The molecule has 0 saturated heterocycles. The summed E-state index contributed by atoms with van der Waals surface area (Å²) in [5.41, 5.74) is 0.172. The maximum absolute atomic E-state index is 11.8. The van der Waals surface area contributed by atoms with Crippen molar-refractivity contribution < 1.29 is 9.47 Å². The van der Waals surface area contributed by atoms with Crippen molar-refractivity contribution in [1.29, 1.82) is 0 Å². The molecule has 1 aromatic carbocycles. The molecule has 0 aliphatic rings. The van der Waals surface area contributed by atoms with Gasteiger partial charge < -0.3 is 9.47 Å². The second-order valence-corrected chi connectivity index (χ2v) is 4.61. The number of ether oxygens (including phenoxy) is 2. The maximum atomic E-state index is 11.8. The van der Waals surface area contributed by atoms with Crippen LogP contribution in [0.25, 0.3) is 10.9 Å². The van der Waals surface area contributed by atoms with E-state index >= 15 is 0 Å². The lowest BCUT2D eigenvalue weighted by atomic mass is 10.2. The first-order chi connectivity index (χ1) is 8.08. The van der Waals surface area contributed by atoms with Gasteiger partial charge in [0.25, 0.3) is 5.56 Å². The van der Waals surface area contributed by atoms with E-state index in [1.54, 1.807) is 6.07 Å². The lowest BCUT2D eigenvalue weighted by Gasteiger charge is -2.11. The molecule has 0 saturated carbocycles. The van der Waals surface area contributed by atoms with Crippen molar-refractivity contribution in [1.82, 2.24) is 9.97 Å². The third kappa shape index (κ3) is 2.06. The first-order valence-corrected chi connectivity index (χ1v) is 6.04. The molecule has 90 valence electrons. The normalized spacial score (nSPS) is 10.6. The number of H-pyrrole nitrogens is 1. The first kappa shape index (κ1) is 12.4. The summed E-state index contributed by atoms with van der Waals surface area (Å²) in [6, 6.07) is 1.62. The molecule has 5 nitrogen and oxygen atoms in total. The van der Waals surface area contributed by atoms with Gasteiger partial charge >= 0.3 is 0 Å². The van der Waals surface area contributed by atoms with Crippen LogP contribution in [0.15, 0.2) is 10.9 Å². The molecular formula is C10H8ClIN2O3. The highest BCUT2D eigenvalue weighted by Crippen LogP contribution is 2.36. The van der Waals surface area contributed by atoms with E-state index in [1.165, 1.54) is 14.2 Å². The molecule has 0 aliphatic carbocycles. The topological polar surface area (TPSA) is 64.2 Å². The summed E-state index contributed by atoms with van der Waals surface area (Å²) >= 11 is 7.72. The van der Waals surface area contributed by atoms with Gasteiger partial charge in [-0.1, -0.05) is 0 Å². The number of aromatic amines is 1. The van der Waals surface area contributed by atoms with Crippen molar-refractivity contribution in [3.63, 3.8) is 0 Å². The fourth-order valence-corrected chi connectivity index (χ4v) is 2.72. The van der Waals surface area contributed by atoms with Gasteiger partial charge in [0.2, 0.25) is 5.28 Å². The van der Waals surface area contributed by atoms with E-state index in [2.05, 4.69) is 9.97 Å². The van der Waals surface area contributed by atoms with Crippen molar-refractivity contribution in [3.8, 4) is 11.5 Å². The van der Waals surface area contributed by atoms with E-state index in [0.29, 0.717) is 26.0 Å². The van der Waals surface area contributed by atoms with Crippen molar-refractivity contribution in [2.24, 2.45) is 0 Å². The fraction of sp³-hybridized carbons (Fsp3) is 0.200. The summed E-state index contributed by atoms with van der Waals surface area (Å²) < 4.78 is 11.0. The highest BCUT2D eigenvalue weighted by atomic mass is 127.